The zero-order valence-corrected chi connectivity index (χ0v) is 15.3. The normalized spacial score (nSPS) is 13.0. The monoisotopic (exact) mass is 369 g/mol. The van der Waals surface area contributed by atoms with E-state index in [1.54, 1.807) is 12.1 Å². The molecule has 0 heterocycles. The van der Waals surface area contributed by atoms with Crippen molar-refractivity contribution in [1.82, 2.24) is 4.72 Å². The van der Waals surface area contributed by atoms with Crippen LogP contribution in [0.15, 0.2) is 77.7 Å². The van der Waals surface area contributed by atoms with E-state index in [9.17, 15) is 13.5 Å². The first kappa shape index (κ1) is 18.6. The van der Waals surface area contributed by atoms with Gasteiger partial charge >= 0.3 is 0 Å². The number of sulfonamides is 1. The highest BCUT2D eigenvalue weighted by Crippen LogP contribution is 2.24. The molecular weight excluding hydrogens is 346 g/mol. The molecule has 3 aromatic carbocycles. The molecule has 5 heteroatoms. The van der Waals surface area contributed by atoms with Crippen LogP contribution in [-0.4, -0.2) is 26.7 Å². The number of hydrogen-bond donors (Lipinski definition) is 2. The number of aliphatic hydroxyl groups is 1. The van der Waals surface area contributed by atoms with Crippen LogP contribution < -0.4 is 4.72 Å². The van der Waals surface area contributed by atoms with Crippen molar-refractivity contribution in [2.45, 2.75) is 23.7 Å². The van der Waals surface area contributed by atoms with Crippen LogP contribution in [0.5, 0.6) is 0 Å². The SMILES string of the molecule is O=S(=O)(NCC[C@@H](CCO)c1ccccc1)c1cccc2ccccc12. The predicted molar refractivity (Wildman–Crippen MR) is 105 cm³/mol. The zero-order valence-electron chi connectivity index (χ0n) is 14.5. The molecule has 0 spiro atoms. The van der Waals surface area contributed by atoms with E-state index >= 15 is 0 Å². The Kier molecular flexibility index (Phi) is 6.04. The molecule has 0 amide bonds. The molecule has 0 radical (unpaired) electrons. The van der Waals surface area contributed by atoms with Crippen molar-refractivity contribution in [2.75, 3.05) is 13.2 Å². The van der Waals surface area contributed by atoms with Gasteiger partial charge in [-0.25, -0.2) is 13.1 Å². The molecule has 4 nitrogen and oxygen atoms in total. The fraction of sp³-hybridized carbons (Fsp3) is 0.238. The van der Waals surface area contributed by atoms with Gasteiger partial charge in [0, 0.05) is 18.5 Å². The molecule has 0 aliphatic rings. The lowest BCUT2D eigenvalue weighted by Gasteiger charge is -2.17. The Morgan fingerprint density at radius 2 is 1.54 bits per heavy atom. The van der Waals surface area contributed by atoms with Crippen LogP contribution >= 0.6 is 0 Å². The predicted octanol–water partition coefficient (Wildman–Crippen LogP) is 3.67. The molecule has 136 valence electrons. The van der Waals surface area contributed by atoms with Crippen molar-refractivity contribution in [3.63, 3.8) is 0 Å². The first-order valence-electron chi connectivity index (χ1n) is 8.75. The maximum absolute atomic E-state index is 12.8. The highest BCUT2D eigenvalue weighted by molar-refractivity contribution is 7.89. The largest absolute Gasteiger partial charge is 0.396 e. The maximum atomic E-state index is 12.8. The van der Waals surface area contributed by atoms with Crippen LogP contribution in [0.1, 0.15) is 24.3 Å². The fourth-order valence-electron chi connectivity index (χ4n) is 3.23. The van der Waals surface area contributed by atoms with Gasteiger partial charge in [0.05, 0.1) is 4.90 Å². The second-order valence-electron chi connectivity index (χ2n) is 6.28. The molecule has 0 saturated heterocycles. The summed E-state index contributed by atoms with van der Waals surface area (Å²) in [5, 5.41) is 10.9. The topological polar surface area (TPSA) is 66.4 Å². The van der Waals surface area contributed by atoms with Crippen molar-refractivity contribution in [3.05, 3.63) is 78.4 Å². The Labute approximate surface area is 154 Å². The van der Waals surface area contributed by atoms with Gasteiger partial charge in [0.25, 0.3) is 0 Å². The van der Waals surface area contributed by atoms with E-state index in [2.05, 4.69) is 4.72 Å². The molecule has 0 saturated carbocycles. The van der Waals surface area contributed by atoms with Crippen LogP contribution in [0, 0.1) is 0 Å². The van der Waals surface area contributed by atoms with Gasteiger partial charge in [-0.3, -0.25) is 0 Å². The Morgan fingerprint density at radius 3 is 2.31 bits per heavy atom. The van der Waals surface area contributed by atoms with Crippen molar-refractivity contribution in [3.8, 4) is 0 Å². The molecule has 0 aliphatic heterocycles. The third-order valence-corrected chi connectivity index (χ3v) is 6.09. The third kappa shape index (κ3) is 4.30. The Balaban J connectivity index is 1.73. The summed E-state index contributed by atoms with van der Waals surface area (Å²) in [6, 6.07) is 22.6. The van der Waals surface area contributed by atoms with E-state index in [0.29, 0.717) is 24.3 Å². The maximum Gasteiger partial charge on any atom is 0.241 e. The number of rotatable bonds is 8. The average molecular weight is 369 g/mol. The number of nitrogens with one attached hydrogen (secondary N) is 1. The molecule has 2 N–H and O–H groups in total. The number of fused-ring (bicyclic) bond motifs is 1. The van der Waals surface area contributed by atoms with E-state index in [4.69, 9.17) is 0 Å². The van der Waals surface area contributed by atoms with Crippen molar-refractivity contribution in [2.24, 2.45) is 0 Å². The van der Waals surface area contributed by atoms with Gasteiger partial charge < -0.3 is 5.11 Å². The van der Waals surface area contributed by atoms with Crippen molar-refractivity contribution < 1.29 is 13.5 Å². The lowest BCUT2D eigenvalue weighted by Crippen LogP contribution is -2.26. The van der Waals surface area contributed by atoms with Crippen molar-refractivity contribution in [1.29, 1.82) is 0 Å². The standard InChI is InChI=1S/C21H23NO3S/c23-16-14-18(17-7-2-1-3-8-17)13-15-22-26(24,25)21-12-6-10-19-9-4-5-11-20(19)21/h1-12,18,22-23H,13-16H2/t18-/m0/s1. The van der Waals surface area contributed by atoms with E-state index in [1.165, 1.54) is 0 Å². The molecular formula is C21H23NO3S. The quantitative estimate of drug-likeness (QED) is 0.637. The van der Waals surface area contributed by atoms with Gasteiger partial charge in [-0.15, -0.1) is 0 Å². The first-order chi connectivity index (χ1) is 12.6. The number of hydrogen-bond acceptors (Lipinski definition) is 3. The molecule has 0 aromatic heterocycles. The summed E-state index contributed by atoms with van der Waals surface area (Å²) < 4.78 is 28.2. The lowest BCUT2D eigenvalue weighted by atomic mass is 9.93. The number of benzene rings is 3. The third-order valence-electron chi connectivity index (χ3n) is 4.57. The fourth-order valence-corrected chi connectivity index (χ4v) is 4.51. The minimum atomic E-state index is -3.59. The van der Waals surface area contributed by atoms with E-state index < -0.39 is 10.0 Å². The van der Waals surface area contributed by atoms with Crippen LogP contribution in [-0.2, 0) is 10.0 Å². The highest BCUT2D eigenvalue weighted by atomic mass is 32.2. The van der Waals surface area contributed by atoms with Crippen LogP contribution in [0.3, 0.4) is 0 Å². The smallest absolute Gasteiger partial charge is 0.241 e. The summed E-state index contributed by atoms with van der Waals surface area (Å²) in [6.07, 6.45) is 1.24. The van der Waals surface area contributed by atoms with Crippen molar-refractivity contribution >= 4 is 20.8 Å². The summed E-state index contributed by atoms with van der Waals surface area (Å²) in [7, 11) is -3.59. The van der Waals surface area contributed by atoms with Crippen LogP contribution in [0.2, 0.25) is 0 Å². The van der Waals surface area contributed by atoms with Gasteiger partial charge in [-0.1, -0.05) is 66.7 Å². The summed E-state index contributed by atoms with van der Waals surface area (Å²) in [4.78, 5) is 0.300. The summed E-state index contributed by atoms with van der Waals surface area (Å²) in [5.41, 5.74) is 1.12. The van der Waals surface area contributed by atoms with E-state index in [-0.39, 0.29) is 12.5 Å². The van der Waals surface area contributed by atoms with E-state index in [0.717, 1.165) is 16.3 Å². The molecule has 3 rings (SSSR count). The second kappa shape index (κ2) is 8.45. The zero-order chi connectivity index (χ0) is 18.4. The van der Waals surface area contributed by atoms with Gasteiger partial charge in [-0.05, 0) is 35.8 Å². The molecule has 3 aromatic rings. The Morgan fingerprint density at radius 1 is 0.846 bits per heavy atom. The molecule has 0 fully saturated rings. The first-order valence-corrected chi connectivity index (χ1v) is 10.2. The van der Waals surface area contributed by atoms with Gasteiger partial charge in [0.1, 0.15) is 0 Å². The molecule has 26 heavy (non-hydrogen) atoms. The molecule has 0 unspecified atom stereocenters. The second-order valence-corrected chi connectivity index (χ2v) is 8.02. The van der Waals surface area contributed by atoms with Crippen LogP contribution in [0.4, 0.5) is 0 Å². The van der Waals surface area contributed by atoms with Gasteiger partial charge in [0.2, 0.25) is 10.0 Å². The lowest BCUT2D eigenvalue weighted by molar-refractivity contribution is 0.273. The summed E-state index contributed by atoms with van der Waals surface area (Å²) in [5.74, 6) is 0.122. The molecule has 0 bridgehead atoms. The minimum absolute atomic E-state index is 0.0790. The Hall–Kier alpha value is -2.21. The highest BCUT2D eigenvalue weighted by Gasteiger charge is 2.18. The molecule has 1 atom stereocenters. The Bertz CT molecular complexity index is 950. The van der Waals surface area contributed by atoms with E-state index in [1.807, 2.05) is 60.7 Å². The van der Waals surface area contributed by atoms with Gasteiger partial charge in [-0.2, -0.15) is 0 Å². The van der Waals surface area contributed by atoms with Crippen LogP contribution in [0.25, 0.3) is 10.8 Å². The molecule has 0 aliphatic carbocycles. The van der Waals surface area contributed by atoms with Gasteiger partial charge in [0.15, 0.2) is 0 Å². The summed E-state index contributed by atoms with van der Waals surface area (Å²) in [6.45, 7) is 0.404. The minimum Gasteiger partial charge on any atom is -0.396 e. The number of aliphatic hydroxyl groups excluding tert-OH is 1. The summed E-state index contributed by atoms with van der Waals surface area (Å²) >= 11 is 0. The average Bonchev–Trinajstić information content (AvgIpc) is 2.67.